The summed E-state index contributed by atoms with van der Waals surface area (Å²) in [5.41, 5.74) is 6.82. The maximum Gasteiger partial charge on any atom is 0.262 e. The summed E-state index contributed by atoms with van der Waals surface area (Å²) in [4.78, 5) is 11.8. The van der Waals surface area contributed by atoms with Crippen molar-refractivity contribution in [1.82, 2.24) is 0 Å². The molecule has 0 saturated heterocycles. The van der Waals surface area contributed by atoms with Crippen molar-refractivity contribution in [2.75, 3.05) is 17.7 Å². The van der Waals surface area contributed by atoms with Gasteiger partial charge in [0.05, 0.1) is 5.69 Å². The molecule has 2 aromatic carbocycles. The monoisotopic (exact) mass is 354 g/mol. The van der Waals surface area contributed by atoms with Crippen LogP contribution in [0.2, 0.25) is 5.02 Å². The maximum atomic E-state index is 11.8. The van der Waals surface area contributed by atoms with Gasteiger partial charge in [0.2, 0.25) is 0 Å². The molecule has 0 bridgehead atoms. The number of nitrogens with one attached hydrogen (secondary N) is 1. The van der Waals surface area contributed by atoms with Crippen LogP contribution in [-0.2, 0) is 4.79 Å². The number of benzene rings is 2. The Hall–Kier alpha value is -1.72. The van der Waals surface area contributed by atoms with Crippen molar-refractivity contribution >= 4 is 44.8 Å². The topological polar surface area (TPSA) is 64.3 Å². The Bertz CT molecular complexity index is 634. The highest BCUT2D eigenvalue weighted by molar-refractivity contribution is 9.10. The van der Waals surface area contributed by atoms with Gasteiger partial charge < -0.3 is 15.8 Å². The van der Waals surface area contributed by atoms with Crippen LogP contribution >= 0.6 is 27.5 Å². The molecule has 4 nitrogen and oxygen atoms in total. The Morgan fingerprint density at radius 3 is 2.80 bits per heavy atom. The molecular weight excluding hydrogens is 344 g/mol. The smallest absolute Gasteiger partial charge is 0.262 e. The average molecular weight is 356 g/mol. The Balaban J connectivity index is 1.92. The third kappa shape index (κ3) is 4.15. The van der Waals surface area contributed by atoms with Crippen molar-refractivity contribution in [3.8, 4) is 5.75 Å². The summed E-state index contributed by atoms with van der Waals surface area (Å²) in [6, 6.07) is 12.2. The average Bonchev–Trinajstić information content (AvgIpc) is 2.37. The first-order chi connectivity index (χ1) is 9.54. The van der Waals surface area contributed by atoms with Gasteiger partial charge in [-0.2, -0.15) is 0 Å². The van der Waals surface area contributed by atoms with Crippen LogP contribution in [0.25, 0.3) is 0 Å². The second-order valence-electron chi connectivity index (χ2n) is 4.03. The summed E-state index contributed by atoms with van der Waals surface area (Å²) < 4.78 is 6.24. The Morgan fingerprint density at radius 2 is 2.10 bits per heavy atom. The number of hydrogen-bond acceptors (Lipinski definition) is 3. The highest BCUT2D eigenvalue weighted by Gasteiger charge is 2.06. The van der Waals surface area contributed by atoms with Crippen molar-refractivity contribution in [1.29, 1.82) is 0 Å². The van der Waals surface area contributed by atoms with E-state index >= 15 is 0 Å². The van der Waals surface area contributed by atoms with Crippen molar-refractivity contribution < 1.29 is 9.53 Å². The van der Waals surface area contributed by atoms with Gasteiger partial charge in [0.25, 0.3) is 5.91 Å². The highest BCUT2D eigenvalue weighted by atomic mass is 79.9. The lowest BCUT2D eigenvalue weighted by Gasteiger charge is -2.09. The number of hydrogen-bond donors (Lipinski definition) is 2. The third-order valence-corrected chi connectivity index (χ3v) is 3.17. The van der Waals surface area contributed by atoms with Gasteiger partial charge in [0.1, 0.15) is 5.75 Å². The molecule has 0 atom stereocenters. The molecule has 0 spiro atoms. The van der Waals surface area contributed by atoms with Crippen LogP contribution in [0.5, 0.6) is 5.75 Å². The van der Waals surface area contributed by atoms with E-state index in [-0.39, 0.29) is 12.5 Å². The summed E-state index contributed by atoms with van der Waals surface area (Å²) in [6.45, 7) is -0.127. The second kappa shape index (κ2) is 6.63. The molecule has 0 fully saturated rings. The van der Waals surface area contributed by atoms with Crippen LogP contribution in [0.4, 0.5) is 11.4 Å². The minimum absolute atomic E-state index is 0.127. The molecule has 0 aromatic heterocycles. The molecule has 0 aliphatic heterocycles. The van der Waals surface area contributed by atoms with Gasteiger partial charge in [-0.05, 0) is 36.4 Å². The normalized spacial score (nSPS) is 10.1. The zero-order chi connectivity index (χ0) is 14.5. The van der Waals surface area contributed by atoms with Gasteiger partial charge >= 0.3 is 0 Å². The van der Waals surface area contributed by atoms with Gasteiger partial charge in [-0.15, -0.1) is 0 Å². The van der Waals surface area contributed by atoms with E-state index in [0.29, 0.717) is 22.1 Å². The summed E-state index contributed by atoms with van der Waals surface area (Å²) in [6.07, 6.45) is 0. The van der Waals surface area contributed by atoms with Crippen LogP contribution in [-0.4, -0.2) is 12.5 Å². The lowest BCUT2D eigenvalue weighted by atomic mass is 10.3. The number of nitrogens with two attached hydrogens (primary N) is 1. The minimum atomic E-state index is -0.266. The molecule has 20 heavy (non-hydrogen) atoms. The van der Waals surface area contributed by atoms with E-state index in [1.807, 2.05) is 12.1 Å². The first kappa shape index (κ1) is 14.7. The zero-order valence-electron chi connectivity index (χ0n) is 10.4. The predicted octanol–water partition coefficient (Wildman–Crippen LogP) is 3.70. The van der Waals surface area contributed by atoms with Gasteiger partial charge in [-0.25, -0.2) is 0 Å². The lowest BCUT2D eigenvalue weighted by Crippen LogP contribution is -2.20. The van der Waals surface area contributed by atoms with Crippen LogP contribution < -0.4 is 15.8 Å². The second-order valence-corrected chi connectivity index (χ2v) is 5.38. The van der Waals surface area contributed by atoms with E-state index in [0.717, 1.165) is 4.47 Å². The third-order valence-electron chi connectivity index (χ3n) is 2.44. The molecule has 3 N–H and O–H groups in total. The first-order valence-electron chi connectivity index (χ1n) is 5.78. The summed E-state index contributed by atoms with van der Waals surface area (Å²) in [5.74, 6) is 0.163. The Morgan fingerprint density at radius 1 is 1.30 bits per heavy atom. The number of anilines is 2. The van der Waals surface area contributed by atoms with Gasteiger partial charge in [0.15, 0.2) is 6.61 Å². The van der Waals surface area contributed by atoms with Crippen LogP contribution in [0.1, 0.15) is 0 Å². The Kier molecular flexibility index (Phi) is 4.87. The molecule has 2 rings (SSSR count). The molecule has 2 aromatic rings. The van der Waals surface area contributed by atoms with Crippen molar-refractivity contribution in [3.05, 3.63) is 52.0 Å². The van der Waals surface area contributed by atoms with Crippen LogP contribution in [0, 0.1) is 0 Å². The largest absolute Gasteiger partial charge is 0.482 e. The van der Waals surface area contributed by atoms with Gasteiger partial charge in [-0.3, -0.25) is 4.79 Å². The van der Waals surface area contributed by atoms with E-state index < -0.39 is 0 Å². The van der Waals surface area contributed by atoms with E-state index in [1.165, 1.54) is 0 Å². The molecule has 0 unspecified atom stereocenters. The SMILES string of the molecule is Nc1cc(Cl)ccc1OCC(=O)Nc1cccc(Br)c1. The van der Waals surface area contributed by atoms with Crippen molar-refractivity contribution in [2.45, 2.75) is 0 Å². The summed E-state index contributed by atoms with van der Waals surface area (Å²) in [5, 5.41) is 3.24. The van der Waals surface area contributed by atoms with Crippen molar-refractivity contribution in [3.63, 3.8) is 0 Å². The number of rotatable bonds is 4. The lowest BCUT2D eigenvalue weighted by molar-refractivity contribution is -0.118. The molecule has 0 aliphatic rings. The number of amides is 1. The van der Waals surface area contributed by atoms with E-state index in [9.17, 15) is 4.79 Å². The minimum Gasteiger partial charge on any atom is -0.482 e. The fourth-order valence-electron chi connectivity index (χ4n) is 1.56. The molecule has 6 heteroatoms. The molecule has 0 radical (unpaired) electrons. The molecule has 1 amide bonds. The number of carbonyl (C=O) groups is 1. The van der Waals surface area contributed by atoms with E-state index in [4.69, 9.17) is 22.1 Å². The molecule has 0 saturated carbocycles. The predicted molar refractivity (Wildman–Crippen MR) is 84.1 cm³/mol. The fraction of sp³-hybridized carbons (Fsp3) is 0.0714. The quantitative estimate of drug-likeness (QED) is 0.822. The zero-order valence-corrected chi connectivity index (χ0v) is 12.7. The molecule has 0 heterocycles. The van der Waals surface area contributed by atoms with Crippen LogP contribution in [0.15, 0.2) is 46.9 Å². The number of halogens is 2. The van der Waals surface area contributed by atoms with Gasteiger partial charge in [-0.1, -0.05) is 33.6 Å². The fourth-order valence-corrected chi connectivity index (χ4v) is 2.14. The molecule has 0 aliphatic carbocycles. The number of nitrogen functional groups attached to an aromatic ring is 1. The van der Waals surface area contributed by atoms with Crippen LogP contribution in [0.3, 0.4) is 0 Å². The highest BCUT2D eigenvalue weighted by Crippen LogP contribution is 2.24. The van der Waals surface area contributed by atoms with Gasteiger partial charge in [0, 0.05) is 15.2 Å². The molecule has 104 valence electrons. The maximum absolute atomic E-state index is 11.8. The standard InChI is InChI=1S/C14H12BrClN2O2/c15-9-2-1-3-11(6-9)18-14(19)8-20-13-5-4-10(16)7-12(13)17/h1-7H,8,17H2,(H,18,19). The summed E-state index contributed by atoms with van der Waals surface area (Å²) in [7, 11) is 0. The van der Waals surface area contributed by atoms with E-state index in [1.54, 1.807) is 30.3 Å². The van der Waals surface area contributed by atoms with E-state index in [2.05, 4.69) is 21.2 Å². The Labute approximate surface area is 130 Å². The molecular formula is C14H12BrClN2O2. The number of ether oxygens (including phenoxy) is 1. The van der Waals surface area contributed by atoms with Crippen molar-refractivity contribution in [2.24, 2.45) is 0 Å². The first-order valence-corrected chi connectivity index (χ1v) is 6.95. The number of carbonyl (C=O) groups excluding carboxylic acids is 1. The summed E-state index contributed by atoms with van der Waals surface area (Å²) >= 11 is 9.11.